The van der Waals surface area contributed by atoms with Gasteiger partial charge in [0.1, 0.15) is 24.5 Å². The number of nitrogens with one attached hydrogen (secondary N) is 1. The van der Waals surface area contributed by atoms with Crippen LogP contribution in [0.5, 0.6) is 5.75 Å². The minimum atomic E-state index is -0.552. The average Bonchev–Trinajstić information content (AvgIpc) is 2.60. The maximum atomic E-state index is 14.1. The smallest absolute Gasteiger partial charge is 0.165 e. The Kier molecular flexibility index (Phi) is 5.16. The molecule has 0 amide bonds. The highest BCUT2D eigenvalue weighted by Crippen LogP contribution is 2.32. The monoisotopic (exact) mass is 362 g/mol. The van der Waals surface area contributed by atoms with Crippen molar-refractivity contribution in [3.63, 3.8) is 0 Å². The normalized spacial score (nSPS) is 10.8. The largest absolute Gasteiger partial charge is 0.489 e. The number of nitrogens with zero attached hydrogens (tertiary/aromatic N) is 2. The SMILES string of the molecule is COCCOc1cc2ncnc(Nc3cccc(Cl)c3F)c2cc1N. The van der Waals surface area contributed by atoms with Crippen molar-refractivity contribution in [2.75, 3.05) is 31.4 Å². The third kappa shape index (κ3) is 3.72. The Labute approximate surface area is 148 Å². The summed E-state index contributed by atoms with van der Waals surface area (Å²) in [4.78, 5) is 8.39. The molecule has 0 spiro atoms. The van der Waals surface area contributed by atoms with Gasteiger partial charge in [0, 0.05) is 18.6 Å². The molecular formula is C17H16ClFN4O2. The summed E-state index contributed by atoms with van der Waals surface area (Å²) < 4.78 is 24.6. The van der Waals surface area contributed by atoms with Gasteiger partial charge in [-0.25, -0.2) is 14.4 Å². The van der Waals surface area contributed by atoms with Gasteiger partial charge < -0.3 is 20.5 Å². The second kappa shape index (κ2) is 7.50. The Bertz CT molecular complexity index is 907. The number of anilines is 3. The molecule has 130 valence electrons. The Hall–Kier alpha value is -2.64. The van der Waals surface area contributed by atoms with Crippen molar-refractivity contribution in [1.82, 2.24) is 9.97 Å². The van der Waals surface area contributed by atoms with Crippen LogP contribution in [0, 0.1) is 5.82 Å². The van der Waals surface area contributed by atoms with Crippen molar-refractivity contribution < 1.29 is 13.9 Å². The molecular weight excluding hydrogens is 347 g/mol. The number of rotatable bonds is 6. The van der Waals surface area contributed by atoms with E-state index < -0.39 is 5.82 Å². The fourth-order valence-electron chi connectivity index (χ4n) is 2.29. The van der Waals surface area contributed by atoms with Gasteiger partial charge in [-0.3, -0.25) is 0 Å². The standard InChI is InChI=1S/C17H16ClFN4O2/c1-24-5-6-25-15-8-14-10(7-12(15)20)17(22-9-21-14)23-13-4-2-3-11(18)16(13)19/h2-4,7-9H,5-6,20H2,1H3,(H,21,22,23). The fraction of sp³-hybridized carbons (Fsp3) is 0.176. The van der Waals surface area contributed by atoms with Crippen LogP contribution in [-0.4, -0.2) is 30.3 Å². The summed E-state index contributed by atoms with van der Waals surface area (Å²) in [6, 6.07) is 8.08. The van der Waals surface area contributed by atoms with Crippen LogP contribution < -0.4 is 15.8 Å². The number of fused-ring (bicyclic) bond motifs is 1. The zero-order valence-electron chi connectivity index (χ0n) is 13.4. The maximum absolute atomic E-state index is 14.1. The second-order valence-electron chi connectivity index (χ2n) is 5.20. The summed E-state index contributed by atoms with van der Waals surface area (Å²) >= 11 is 5.81. The number of halogens is 2. The number of aromatic nitrogens is 2. The highest BCUT2D eigenvalue weighted by molar-refractivity contribution is 6.31. The minimum Gasteiger partial charge on any atom is -0.489 e. The molecule has 1 heterocycles. The van der Waals surface area contributed by atoms with Gasteiger partial charge in [0.2, 0.25) is 0 Å². The van der Waals surface area contributed by atoms with Crippen LogP contribution in [0.3, 0.4) is 0 Å². The predicted molar refractivity (Wildman–Crippen MR) is 96.0 cm³/mol. The molecule has 0 radical (unpaired) electrons. The van der Waals surface area contributed by atoms with Gasteiger partial charge in [0.15, 0.2) is 5.82 Å². The van der Waals surface area contributed by atoms with E-state index in [4.69, 9.17) is 26.8 Å². The minimum absolute atomic E-state index is 0.0247. The molecule has 2 aromatic carbocycles. The first-order chi connectivity index (χ1) is 12.1. The molecule has 3 N–H and O–H groups in total. The molecule has 0 unspecified atom stereocenters. The molecule has 0 aliphatic heterocycles. The molecule has 0 saturated carbocycles. The van der Waals surface area contributed by atoms with Crippen LogP contribution in [0.1, 0.15) is 0 Å². The van der Waals surface area contributed by atoms with E-state index in [1.165, 1.54) is 12.4 Å². The maximum Gasteiger partial charge on any atom is 0.165 e. The quantitative estimate of drug-likeness (QED) is 0.513. The van der Waals surface area contributed by atoms with Gasteiger partial charge in [-0.2, -0.15) is 0 Å². The molecule has 3 rings (SSSR count). The van der Waals surface area contributed by atoms with E-state index in [1.54, 1.807) is 31.4 Å². The van der Waals surface area contributed by atoms with Crippen LogP contribution in [0.2, 0.25) is 5.02 Å². The first kappa shape index (κ1) is 17.2. The highest BCUT2D eigenvalue weighted by Gasteiger charge is 2.12. The number of ether oxygens (including phenoxy) is 2. The van der Waals surface area contributed by atoms with Crippen molar-refractivity contribution >= 4 is 39.7 Å². The van der Waals surface area contributed by atoms with E-state index in [1.807, 2.05) is 0 Å². The van der Waals surface area contributed by atoms with Crippen LogP contribution in [0.15, 0.2) is 36.7 Å². The number of hydrogen-bond donors (Lipinski definition) is 2. The van der Waals surface area contributed by atoms with E-state index in [-0.39, 0.29) is 10.7 Å². The summed E-state index contributed by atoms with van der Waals surface area (Å²) in [6.45, 7) is 0.818. The van der Waals surface area contributed by atoms with Gasteiger partial charge in [-0.1, -0.05) is 17.7 Å². The van der Waals surface area contributed by atoms with Gasteiger partial charge in [-0.05, 0) is 18.2 Å². The third-order valence-electron chi connectivity index (χ3n) is 3.52. The van der Waals surface area contributed by atoms with Crippen molar-refractivity contribution in [2.45, 2.75) is 0 Å². The van der Waals surface area contributed by atoms with Crippen LogP contribution in [0.25, 0.3) is 10.9 Å². The lowest BCUT2D eigenvalue weighted by Crippen LogP contribution is -2.06. The van der Waals surface area contributed by atoms with Crippen LogP contribution >= 0.6 is 11.6 Å². The lowest BCUT2D eigenvalue weighted by Gasteiger charge is -2.13. The van der Waals surface area contributed by atoms with E-state index in [0.717, 1.165) is 0 Å². The molecule has 0 fully saturated rings. The van der Waals surface area contributed by atoms with E-state index in [0.29, 0.717) is 41.4 Å². The van der Waals surface area contributed by atoms with Crippen molar-refractivity contribution in [2.24, 2.45) is 0 Å². The molecule has 1 aromatic heterocycles. The Morgan fingerprint density at radius 2 is 2.08 bits per heavy atom. The molecule has 3 aromatic rings. The van der Waals surface area contributed by atoms with Crippen molar-refractivity contribution in [3.05, 3.63) is 47.5 Å². The molecule has 6 nitrogen and oxygen atoms in total. The summed E-state index contributed by atoms with van der Waals surface area (Å²) in [7, 11) is 1.59. The summed E-state index contributed by atoms with van der Waals surface area (Å²) in [5.74, 6) is 0.368. The molecule has 8 heteroatoms. The fourth-order valence-corrected chi connectivity index (χ4v) is 2.46. The zero-order chi connectivity index (χ0) is 17.8. The lowest BCUT2D eigenvalue weighted by atomic mass is 10.2. The first-order valence-electron chi connectivity index (χ1n) is 7.47. The number of methoxy groups -OCH3 is 1. The zero-order valence-corrected chi connectivity index (χ0v) is 14.2. The Balaban J connectivity index is 1.96. The van der Waals surface area contributed by atoms with Gasteiger partial charge in [-0.15, -0.1) is 0 Å². The molecule has 0 atom stereocenters. The Morgan fingerprint density at radius 3 is 2.88 bits per heavy atom. The van der Waals surface area contributed by atoms with E-state index in [2.05, 4.69) is 15.3 Å². The summed E-state index contributed by atoms with van der Waals surface area (Å²) in [5.41, 5.74) is 7.29. The van der Waals surface area contributed by atoms with E-state index >= 15 is 0 Å². The van der Waals surface area contributed by atoms with Gasteiger partial charge in [0.25, 0.3) is 0 Å². The van der Waals surface area contributed by atoms with Crippen LogP contribution in [-0.2, 0) is 4.74 Å². The lowest BCUT2D eigenvalue weighted by molar-refractivity contribution is 0.147. The van der Waals surface area contributed by atoms with Crippen molar-refractivity contribution in [3.8, 4) is 5.75 Å². The Morgan fingerprint density at radius 1 is 1.24 bits per heavy atom. The molecule has 0 saturated heterocycles. The highest BCUT2D eigenvalue weighted by atomic mass is 35.5. The predicted octanol–water partition coefficient (Wildman–Crippen LogP) is 3.77. The van der Waals surface area contributed by atoms with Gasteiger partial charge in [0.05, 0.1) is 28.5 Å². The summed E-state index contributed by atoms with van der Waals surface area (Å²) in [5, 5.41) is 3.59. The first-order valence-corrected chi connectivity index (χ1v) is 7.85. The molecule has 0 bridgehead atoms. The molecule has 0 aliphatic carbocycles. The third-order valence-corrected chi connectivity index (χ3v) is 3.81. The van der Waals surface area contributed by atoms with E-state index in [9.17, 15) is 4.39 Å². The number of benzene rings is 2. The number of nitrogens with two attached hydrogens (primary N) is 1. The number of hydrogen-bond acceptors (Lipinski definition) is 6. The van der Waals surface area contributed by atoms with Crippen LogP contribution in [0.4, 0.5) is 21.6 Å². The second-order valence-corrected chi connectivity index (χ2v) is 5.60. The average molecular weight is 363 g/mol. The number of nitrogen functional groups attached to an aromatic ring is 1. The molecule has 0 aliphatic rings. The van der Waals surface area contributed by atoms with Gasteiger partial charge >= 0.3 is 0 Å². The molecule has 25 heavy (non-hydrogen) atoms. The van der Waals surface area contributed by atoms with Crippen molar-refractivity contribution in [1.29, 1.82) is 0 Å². The summed E-state index contributed by atoms with van der Waals surface area (Å²) in [6.07, 6.45) is 1.38. The topological polar surface area (TPSA) is 82.3 Å².